The molecule has 1 aromatic carbocycles. The standard InChI is InChI=1S/C11H12F5NO/c1-6(17)8-3-2-7(4-9(8)12)18-5-11(15,16)10(13)14/h2-4,6,10H,5,17H2,1H3/t6-/m1/s1. The lowest BCUT2D eigenvalue weighted by Gasteiger charge is -2.16. The van der Waals surface area contributed by atoms with E-state index in [9.17, 15) is 22.0 Å². The topological polar surface area (TPSA) is 35.2 Å². The van der Waals surface area contributed by atoms with Crippen LogP contribution in [0.4, 0.5) is 22.0 Å². The van der Waals surface area contributed by atoms with Gasteiger partial charge in [-0.25, -0.2) is 13.2 Å². The van der Waals surface area contributed by atoms with Crippen LogP contribution < -0.4 is 10.5 Å². The van der Waals surface area contributed by atoms with Gasteiger partial charge in [0.25, 0.3) is 0 Å². The molecule has 102 valence electrons. The number of hydrogen-bond acceptors (Lipinski definition) is 2. The fourth-order valence-corrected chi connectivity index (χ4v) is 1.21. The molecule has 2 N–H and O–H groups in total. The second-order valence-corrected chi connectivity index (χ2v) is 3.82. The van der Waals surface area contributed by atoms with Crippen LogP contribution in [0.15, 0.2) is 18.2 Å². The summed E-state index contributed by atoms with van der Waals surface area (Å²) in [6.07, 6.45) is -3.83. The largest absolute Gasteiger partial charge is 0.487 e. The summed E-state index contributed by atoms with van der Waals surface area (Å²) in [7, 11) is 0. The minimum Gasteiger partial charge on any atom is -0.487 e. The van der Waals surface area contributed by atoms with E-state index in [0.29, 0.717) is 0 Å². The molecule has 0 aliphatic heterocycles. The number of alkyl halides is 4. The normalized spacial score (nSPS) is 13.8. The lowest BCUT2D eigenvalue weighted by Crippen LogP contribution is -2.33. The molecule has 0 aromatic heterocycles. The Bertz CT molecular complexity index is 408. The molecule has 7 heteroatoms. The van der Waals surface area contributed by atoms with E-state index >= 15 is 0 Å². The van der Waals surface area contributed by atoms with Gasteiger partial charge in [0.05, 0.1) is 0 Å². The number of halogens is 5. The molecule has 0 amide bonds. The Morgan fingerprint density at radius 3 is 2.39 bits per heavy atom. The third kappa shape index (κ3) is 3.56. The van der Waals surface area contributed by atoms with Crippen molar-refractivity contribution in [2.24, 2.45) is 5.73 Å². The van der Waals surface area contributed by atoms with Gasteiger partial charge in [0.1, 0.15) is 11.6 Å². The van der Waals surface area contributed by atoms with Crippen LogP contribution in [0, 0.1) is 5.82 Å². The molecule has 0 heterocycles. The molecule has 0 bridgehead atoms. The van der Waals surface area contributed by atoms with E-state index in [1.807, 2.05) is 0 Å². The van der Waals surface area contributed by atoms with Crippen LogP contribution >= 0.6 is 0 Å². The summed E-state index contributed by atoms with van der Waals surface area (Å²) in [5.74, 6) is -5.25. The van der Waals surface area contributed by atoms with Crippen LogP contribution in [0.2, 0.25) is 0 Å². The van der Waals surface area contributed by atoms with Crippen molar-refractivity contribution < 1.29 is 26.7 Å². The first-order valence-corrected chi connectivity index (χ1v) is 5.08. The fourth-order valence-electron chi connectivity index (χ4n) is 1.21. The van der Waals surface area contributed by atoms with Gasteiger partial charge in [-0.15, -0.1) is 0 Å². The number of benzene rings is 1. The first-order valence-electron chi connectivity index (χ1n) is 5.08. The average Bonchev–Trinajstić information content (AvgIpc) is 2.25. The van der Waals surface area contributed by atoms with E-state index in [1.165, 1.54) is 12.1 Å². The van der Waals surface area contributed by atoms with Gasteiger partial charge in [0.15, 0.2) is 6.61 Å². The molecule has 0 fully saturated rings. The van der Waals surface area contributed by atoms with E-state index in [4.69, 9.17) is 5.73 Å². The molecule has 1 atom stereocenters. The summed E-state index contributed by atoms with van der Waals surface area (Å²) in [6, 6.07) is 2.72. The molecule has 0 saturated heterocycles. The third-order valence-electron chi connectivity index (χ3n) is 2.21. The van der Waals surface area contributed by atoms with E-state index in [-0.39, 0.29) is 11.3 Å². The van der Waals surface area contributed by atoms with Crippen LogP contribution in [-0.4, -0.2) is 19.0 Å². The van der Waals surface area contributed by atoms with Gasteiger partial charge in [-0.05, 0) is 13.0 Å². The van der Waals surface area contributed by atoms with Crippen LogP contribution in [0.3, 0.4) is 0 Å². The van der Waals surface area contributed by atoms with Gasteiger partial charge >= 0.3 is 12.3 Å². The van der Waals surface area contributed by atoms with Gasteiger partial charge in [-0.1, -0.05) is 6.07 Å². The Balaban J connectivity index is 2.73. The highest BCUT2D eigenvalue weighted by molar-refractivity contribution is 5.30. The predicted octanol–water partition coefficient (Wildman–Crippen LogP) is 3.12. The molecular weight excluding hydrogens is 257 g/mol. The van der Waals surface area contributed by atoms with Gasteiger partial charge < -0.3 is 10.5 Å². The van der Waals surface area contributed by atoms with Crippen LogP contribution in [0.1, 0.15) is 18.5 Å². The lowest BCUT2D eigenvalue weighted by atomic mass is 10.1. The molecule has 0 unspecified atom stereocenters. The molecule has 1 aromatic rings. The van der Waals surface area contributed by atoms with E-state index in [0.717, 1.165) is 6.07 Å². The number of nitrogens with two attached hydrogens (primary N) is 1. The van der Waals surface area contributed by atoms with Crippen LogP contribution in [0.5, 0.6) is 5.75 Å². The van der Waals surface area contributed by atoms with E-state index in [1.54, 1.807) is 6.92 Å². The first kappa shape index (κ1) is 14.7. The van der Waals surface area contributed by atoms with Crippen LogP contribution in [0.25, 0.3) is 0 Å². The van der Waals surface area contributed by atoms with Crippen molar-refractivity contribution in [2.45, 2.75) is 25.3 Å². The molecule has 0 aliphatic carbocycles. The van der Waals surface area contributed by atoms with Crippen molar-refractivity contribution >= 4 is 0 Å². The maximum absolute atomic E-state index is 13.4. The fraction of sp³-hybridized carbons (Fsp3) is 0.455. The maximum atomic E-state index is 13.4. The zero-order chi connectivity index (χ0) is 13.9. The Hall–Kier alpha value is -1.37. The quantitative estimate of drug-likeness (QED) is 0.833. The van der Waals surface area contributed by atoms with E-state index < -0.39 is 30.8 Å². The monoisotopic (exact) mass is 269 g/mol. The summed E-state index contributed by atoms with van der Waals surface area (Å²) in [5.41, 5.74) is 5.63. The lowest BCUT2D eigenvalue weighted by molar-refractivity contribution is -0.148. The number of ether oxygens (including phenoxy) is 1. The van der Waals surface area contributed by atoms with Crippen molar-refractivity contribution in [3.8, 4) is 5.75 Å². The first-order chi connectivity index (χ1) is 8.24. The van der Waals surface area contributed by atoms with Crippen LogP contribution in [-0.2, 0) is 0 Å². The minimum absolute atomic E-state index is 0.183. The summed E-state index contributed by atoms with van der Waals surface area (Å²) in [6.45, 7) is 0.0333. The van der Waals surface area contributed by atoms with Gasteiger partial charge in [-0.3, -0.25) is 0 Å². The zero-order valence-electron chi connectivity index (χ0n) is 9.47. The highest BCUT2D eigenvalue weighted by Gasteiger charge is 2.41. The second kappa shape index (κ2) is 5.51. The molecule has 0 aliphatic rings. The van der Waals surface area contributed by atoms with Crippen molar-refractivity contribution in [3.63, 3.8) is 0 Å². The van der Waals surface area contributed by atoms with Crippen molar-refractivity contribution in [1.82, 2.24) is 0 Å². The zero-order valence-corrected chi connectivity index (χ0v) is 9.47. The second-order valence-electron chi connectivity index (χ2n) is 3.82. The highest BCUT2D eigenvalue weighted by atomic mass is 19.3. The molecule has 1 rings (SSSR count). The highest BCUT2D eigenvalue weighted by Crippen LogP contribution is 2.26. The molecule has 0 saturated carbocycles. The Kier molecular flexibility index (Phi) is 4.50. The Morgan fingerprint density at radius 2 is 1.94 bits per heavy atom. The van der Waals surface area contributed by atoms with E-state index in [2.05, 4.69) is 4.74 Å². The van der Waals surface area contributed by atoms with Crippen molar-refractivity contribution in [3.05, 3.63) is 29.6 Å². The molecule has 18 heavy (non-hydrogen) atoms. The van der Waals surface area contributed by atoms with Gasteiger partial charge in [0, 0.05) is 17.7 Å². The summed E-state index contributed by atoms with van der Waals surface area (Å²) >= 11 is 0. The number of hydrogen-bond donors (Lipinski definition) is 1. The Labute approximate surface area is 101 Å². The molecule has 0 radical (unpaired) electrons. The Morgan fingerprint density at radius 1 is 1.33 bits per heavy atom. The third-order valence-corrected chi connectivity index (χ3v) is 2.21. The smallest absolute Gasteiger partial charge is 0.340 e. The van der Waals surface area contributed by atoms with Crippen molar-refractivity contribution in [2.75, 3.05) is 6.61 Å². The molecular formula is C11H12F5NO. The minimum atomic E-state index is -4.27. The van der Waals surface area contributed by atoms with Gasteiger partial charge in [-0.2, -0.15) is 8.78 Å². The predicted molar refractivity (Wildman–Crippen MR) is 55.4 cm³/mol. The van der Waals surface area contributed by atoms with Gasteiger partial charge in [0.2, 0.25) is 0 Å². The van der Waals surface area contributed by atoms with Crippen molar-refractivity contribution in [1.29, 1.82) is 0 Å². The average molecular weight is 269 g/mol. The maximum Gasteiger partial charge on any atom is 0.340 e. The summed E-state index contributed by atoms with van der Waals surface area (Å²) in [5, 5.41) is 0. The number of rotatable bonds is 5. The SMILES string of the molecule is C[C@@H](N)c1ccc(OCC(F)(F)C(F)F)cc1F. The summed E-state index contributed by atoms with van der Waals surface area (Å²) < 4.78 is 66.6. The molecule has 0 spiro atoms. The summed E-state index contributed by atoms with van der Waals surface area (Å²) in [4.78, 5) is 0. The molecule has 2 nitrogen and oxygen atoms in total.